The number of carbonyl (C=O) groups is 1. The van der Waals surface area contributed by atoms with Crippen LogP contribution in [-0.4, -0.2) is 43.7 Å². The molecule has 4 nitrogen and oxygen atoms in total. The van der Waals surface area contributed by atoms with Crippen LogP contribution in [0.3, 0.4) is 0 Å². The van der Waals surface area contributed by atoms with E-state index in [1.165, 1.54) is 0 Å². The smallest absolute Gasteiger partial charge is 0.236 e. The standard InChI is InChI=1S/C16H24N2O2/c1-13(14-7-4-3-5-8-14)18(2)16(19)12-17-11-15-9-6-10-20-15/h3-5,7-8,13,15,17H,6,9-12H2,1-2H3. The Labute approximate surface area is 121 Å². The van der Waals surface area contributed by atoms with Gasteiger partial charge in [-0.25, -0.2) is 0 Å². The average Bonchev–Trinajstić information content (AvgIpc) is 2.99. The number of amides is 1. The van der Waals surface area contributed by atoms with E-state index in [1.807, 2.05) is 44.3 Å². The fourth-order valence-electron chi connectivity index (χ4n) is 2.44. The van der Waals surface area contributed by atoms with Crippen LogP contribution < -0.4 is 5.32 Å². The Bertz CT molecular complexity index is 416. The number of rotatable bonds is 6. The van der Waals surface area contributed by atoms with Gasteiger partial charge in [0.05, 0.1) is 18.7 Å². The van der Waals surface area contributed by atoms with Gasteiger partial charge in [-0.05, 0) is 25.3 Å². The molecule has 2 atom stereocenters. The summed E-state index contributed by atoms with van der Waals surface area (Å²) in [5, 5.41) is 3.20. The zero-order valence-corrected chi connectivity index (χ0v) is 12.3. The van der Waals surface area contributed by atoms with Crippen LogP contribution in [0.1, 0.15) is 31.4 Å². The van der Waals surface area contributed by atoms with E-state index >= 15 is 0 Å². The summed E-state index contributed by atoms with van der Waals surface area (Å²) < 4.78 is 5.52. The van der Waals surface area contributed by atoms with Crippen LogP contribution >= 0.6 is 0 Å². The lowest BCUT2D eigenvalue weighted by Gasteiger charge is -2.25. The Morgan fingerprint density at radius 3 is 2.85 bits per heavy atom. The summed E-state index contributed by atoms with van der Waals surface area (Å²) in [5.41, 5.74) is 1.16. The highest BCUT2D eigenvalue weighted by Gasteiger charge is 2.18. The van der Waals surface area contributed by atoms with Gasteiger partial charge in [0.2, 0.25) is 5.91 Å². The van der Waals surface area contributed by atoms with Crippen LogP contribution in [0.2, 0.25) is 0 Å². The molecule has 0 radical (unpaired) electrons. The summed E-state index contributed by atoms with van der Waals surface area (Å²) in [6, 6.07) is 10.2. The van der Waals surface area contributed by atoms with E-state index in [-0.39, 0.29) is 18.1 Å². The van der Waals surface area contributed by atoms with E-state index in [1.54, 1.807) is 4.90 Å². The number of benzene rings is 1. The second-order valence-corrected chi connectivity index (χ2v) is 5.36. The highest BCUT2D eigenvalue weighted by molar-refractivity contribution is 5.78. The second-order valence-electron chi connectivity index (χ2n) is 5.36. The van der Waals surface area contributed by atoms with Gasteiger partial charge < -0.3 is 15.0 Å². The molecule has 0 bridgehead atoms. The van der Waals surface area contributed by atoms with Crippen LogP contribution in [-0.2, 0) is 9.53 Å². The van der Waals surface area contributed by atoms with Crippen LogP contribution in [0.15, 0.2) is 30.3 Å². The summed E-state index contributed by atoms with van der Waals surface area (Å²) in [4.78, 5) is 13.9. The van der Waals surface area contributed by atoms with E-state index in [0.717, 1.165) is 31.6 Å². The quantitative estimate of drug-likeness (QED) is 0.864. The van der Waals surface area contributed by atoms with Crippen molar-refractivity contribution in [3.8, 4) is 0 Å². The van der Waals surface area contributed by atoms with E-state index < -0.39 is 0 Å². The Hall–Kier alpha value is -1.39. The number of carbonyl (C=O) groups excluding carboxylic acids is 1. The number of nitrogens with zero attached hydrogens (tertiary/aromatic N) is 1. The van der Waals surface area contributed by atoms with Gasteiger partial charge in [0.1, 0.15) is 0 Å². The summed E-state index contributed by atoms with van der Waals surface area (Å²) in [6.07, 6.45) is 2.50. The van der Waals surface area contributed by atoms with Gasteiger partial charge in [-0.3, -0.25) is 4.79 Å². The molecule has 1 N–H and O–H groups in total. The Kier molecular flexibility index (Phi) is 5.56. The Morgan fingerprint density at radius 2 is 2.20 bits per heavy atom. The van der Waals surface area contributed by atoms with Crippen LogP contribution in [0, 0.1) is 0 Å². The number of hydrogen-bond acceptors (Lipinski definition) is 3. The third kappa shape index (κ3) is 4.05. The zero-order valence-electron chi connectivity index (χ0n) is 12.3. The van der Waals surface area contributed by atoms with Crippen molar-refractivity contribution in [3.05, 3.63) is 35.9 Å². The van der Waals surface area contributed by atoms with Gasteiger partial charge in [-0.1, -0.05) is 30.3 Å². The molecule has 20 heavy (non-hydrogen) atoms. The molecule has 1 aromatic rings. The number of hydrogen-bond donors (Lipinski definition) is 1. The Balaban J connectivity index is 1.76. The molecule has 1 fully saturated rings. The lowest BCUT2D eigenvalue weighted by molar-refractivity contribution is -0.130. The molecule has 0 saturated carbocycles. The lowest BCUT2D eigenvalue weighted by atomic mass is 10.1. The molecule has 1 saturated heterocycles. The minimum Gasteiger partial charge on any atom is -0.377 e. The summed E-state index contributed by atoms with van der Waals surface area (Å²) in [7, 11) is 1.85. The maximum atomic E-state index is 12.2. The first-order valence-corrected chi connectivity index (χ1v) is 7.31. The first kappa shape index (κ1) is 15.0. The van der Waals surface area contributed by atoms with Crippen molar-refractivity contribution in [2.24, 2.45) is 0 Å². The van der Waals surface area contributed by atoms with E-state index in [2.05, 4.69) is 5.32 Å². The van der Waals surface area contributed by atoms with Crippen molar-refractivity contribution in [2.45, 2.75) is 31.9 Å². The summed E-state index contributed by atoms with van der Waals surface area (Å²) in [6.45, 7) is 4.03. The van der Waals surface area contributed by atoms with Crippen molar-refractivity contribution >= 4 is 5.91 Å². The molecule has 1 aliphatic heterocycles. The number of likely N-dealkylation sites (N-methyl/N-ethyl adjacent to an activating group) is 1. The van der Waals surface area contributed by atoms with Crippen LogP contribution in [0.5, 0.6) is 0 Å². The largest absolute Gasteiger partial charge is 0.377 e. The number of ether oxygens (including phenoxy) is 1. The second kappa shape index (κ2) is 7.41. The molecule has 1 heterocycles. The monoisotopic (exact) mass is 276 g/mol. The molecule has 2 rings (SSSR count). The first-order valence-electron chi connectivity index (χ1n) is 7.31. The molecule has 0 aliphatic carbocycles. The van der Waals surface area contributed by atoms with E-state index in [0.29, 0.717) is 6.54 Å². The van der Waals surface area contributed by atoms with Gasteiger partial charge in [0.25, 0.3) is 0 Å². The van der Waals surface area contributed by atoms with Gasteiger partial charge in [-0.15, -0.1) is 0 Å². The van der Waals surface area contributed by atoms with E-state index in [9.17, 15) is 4.79 Å². The van der Waals surface area contributed by atoms with Crippen LogP contribution in [0.25, 0.3) is 0 Å². The third-order valence-electron chi connectivity index (χ3n) is 3.93. The van der Waals surface area contributed by atoms with Crippen molar-refractivity contribution in [2.75, 3.05) is 26.7 Å². The first-order chi connectivity index (χ1) is 9.68. The lowest BCUT2D eigenvalue weighted by Crippen LogP contribution is -2.39. The fourth-order valence-corrected chi connectivity index (χ4v) is 2.44. The molecule has 0 aromatic heterocycles. The third-order valence-corrected chi connectivity index (χ3v) is 3.93. The van der Waals surface area contributed by atoms with Gasteiger partial charge >= 0.3 is 0 Å². The maximum absolute atomic E-state index is 12.2. The minimum absolute atomic E-state index is 0.0910. The molecule has 0 spiro atoms. The van der Waals surface area contributed by atoms with Crippen molar-refractivity contribution < 1.29 is 9.53 Å². The van der Waals surface area contributed by atoms with Gasteiger partial charge in [0.15, 0.2) is 0 Å². The molecule has 1 amide bonds. The molecule has 2 unspecified atom stereocenters. The van der Waals surface area contributed by atoms with Gasteiger partial charge in [0, 0.05) is 20.2 Å². The summed E-state index contributed by atoms with van der Waals surface area (Å²) in [5.74, 6) is 0.111. The average molecular weight is 276 g/mol. The highest BCUT2D eigenvalue weighted by Crippen LogP contribution is 2.18. The molecular formula is C16H24N2O2. The molecule has 4 heteroatoms. The topological polar surface area (TPSA) is 41.6 Å². The molecular weight excluding hydrogens is 252 g/mol. The highest BCUT2D eigenvalue weighted by atomic mass is 16.5. The van der Waals surface area contributed by atoms with Crippen molar-refractivity contribution in [1.29, 1.82) is 0 Å². The van der Waals surface area contributed by atoms with E-state index in [4.69, 9.17) is 4.74 Å². The Morgan fingerprint density at radius 1 is 1.45 bits per heavy atom. The number of nitrogens with one attached hydrogen (secondary N) is 1. The predicted molar refractivity (Wildman–Crippen MR) is 79.5 cm³/mol. The van der Waals surface area contributed by atoms with Crippen molar-refractivity contribution in [1.82, 2.24) is 10.2 Å². The molecule has 110 valence electrons. The summed E-state index contributed by atoms with van der Waals surface area (Å²) >= 11 is 0. The molecule has 1 aromatic carbocycles. The van der Waals surface area contributed by atoms with Gasteiger partial charge in [-0.2, -0.15) is 0 Å². The fraction of sp³-hybridized carbons (Fsp3) is 0.562. The minimum atomic E-state index is 0.0910. The zero-order chi connectivity index (χ0) is 14.4. The van der Waals surface area contributed by atoms with Crippen LogP contribution in [0.4, 0.5) is 0 Å². The maximum Gasteiger partial charge on any atom is 0.236 e. The predicted octanol–water partition coefficient (Wildman–Crippen LogP) is 1.97. The normalized spacial score (nSPS) is 19.8. The van der Waals surface area contributed by atoms with Crippen molar-refractivity contribution in [3.63, 3.8) is 0 Å². The molecule has 1 aliphatic rings. The SMILES string of the molecule is CC(c1ccccc1)N(C)C(=O)CNCC1CCCO1.